The number of benzene rings is 1. The largest absolute Gasteiger partial charge is 0.325 e. The highest BCUT2D eigenvalue weighted by molar-refractivity contribution is 7.88. The normalized spacial score (nSPS) is 19.4. The molecule has 150 valence electrons. The molecule has 4 rings (SSSR count). The molecule has 10 nitrogen and oxygen atoms in total. The quantitative estimate of drug-likeness (QED) is 0.631. The number of sulfonamides is 1. The Bertz CT molecular complexity index is 1100. The summed E-state index contributed by atoms with van der Waals surface area (Å²) in [6.07, 6.45) is 5.76. The van der Waals surface area contributed by atoms with Gasteiger partial charge in [-0.25, -0.2) is 23.1 Å². The van der Waals surface area contributed by atoms with Crippen molar-refractivity contribution < 1.29 is 13.2 Å². The molecule has 0 spiro atoms. The van der Waals surface area contributed by atoms with Crippen LogP contribution in [0.4, 0.5) is 0 Å². The van der Waals surface area contributed by atoms with Gasteiger partial charge in [-0.3, -0.25) is 14.9 Å². The van der Waals surface area contributed by atoms with Crippen LogP contribution in [0.3, 0.4) is 0 Å². The molecule has 1 aliphatic heterocycles. The molecular weight excluding hydrogens is 394 g/mol. The molecule has 0 aliphatic carbocycles. The molecule has 1 saturated heterocycles. The summed E-state index contributed by atoms with van der Waals surface area (Å²) in [5.74, 6) is 0.643. The van der Waals surface area contributed by atoms with Crippen LogP contribution < -0.4 is 4.72 Å². The highest BCUT2D eigenvalue weighted by Crippen LogP contribution is 2.32. The third-order valence-corrected chi connectivity index (χ3v) is 5.34. The van der Waals surface area contributed by atoms with E-state index in [4.69, 9.17) is 0 Å². The van der Waals surface area contributed by atoms with Gasteiger partial charge in [0.05, 0.1) is 18.5 Å². The van der Waals surface area contributed by atoms with Crippen molar-refractivity contribution in [3.63, 3.8) is 0 Å². The zero-order valence-corrected chi connectivity index (χ0v) is 16.4. The van der Waals surface area contributed by atoms with E-state index in [1.54, 1.807) is 4.90 Å². The number of H-pyrrole nitrogens is 1. The van der Waals surface area contributed by atoms with Crippen molar-refractivity contribution in [2.24, 2.45) is 0 Å². The van der Waals surface area contributed by atoms with E-state index in [-0.39, 0.29) is 18.1 Å². The Labute approximate surface area is 167 Å². The van der Waals surface area contributed by atoms with Gasteiger partial charge in [-0.2, -0.15) is 5.10 Å². The van der Waals surface area contributed by atoms with Crippen molar-refractivity contribution in [3.8, 4) is 11.4 Å². The highest BCUT2D eigenvalue weighted by Gasteiger charge is 2.40. The molecule has 0 unspecified atom stereocenters. The van der Waals surface area contributed by atoms with Gasteiger partial charge in [0.15, 0.2) is 5.82 Å². The number of hydrogen-bond donors (Lipinski definition) is 2. The fourth-order valence-electron chi connectivity index (χ4n) is 3.40. The number of likely N-dealkylation sites (tertiary alicyclic amines) is 1. The molecule has 11 heteroatoms. The molecule has 1 amide bonds. The summed E-state index contributed by atoms with van der Waals surface area (Å²) in [6, 6.07) is 8.52. The van der Waals surface area contributed by atoms with Crippen molar-refractivity contribution >= 4 is 15.9 Å². The van der Waals surface area contributed by atoms with Crippen molar-refractivity contribution in [1.29, 1.82) is 0 Å². The minimum absolute atomic E-state index is 0.181. The number of aromatic amines is 1. The second-order valence-electron chi connectivity index (χ2n) is 6.80. The maximum absolute atomic E-state index is 13.0. The summed E-state index contributed by atoms with van der Waals surface area (Å²) in [6.45, 7) is 0.189. The lowest BCUT2D eigenvalue weighted by atomic mass is 10.1. The van der Waals surface area contributed by atoms with Crippen LogP contribution in [0, 0.1) is 0 Å². The second kappa shape index (κ2) is 7.68. The Morgan fingerprint density at radius 1 is 1.24 bits per heavy atom. The van der Waals surface area contributed by atoms with Crippen LogP contribution in [0.5, 0.6) is 0 Å². The maximum atomic E-state index is 13.0. The number of hydrogen-bond acceptors (Lipinski definition) is 7. The van der Waals surface area contributed by atoms with E-state index in [0.29, 0.717) is 18.1 Å². The summed E-state index contributed by atoms with van der Waals surface area (Å²) < 4.78 is 26.0. The van der Waals surface area contributed by atoms with Gasteiger partial charge in [0, 0.05) is 30.5 Å². The Morgan fingerprint density at radius 3 is 2.72 bits per heavy atom. The molecule has 1 fully saturated rings. The van der Waals surface area contributed by atoms with Crippen LogP contribution in [-0.2, 0) is 10.0 Å². The first-order chi connectivity index (χ1) is 13.9. The van der Waals surface area contributed by atoms with Gasteiger partial charge in [-0.05, 0) is 6.42 Å². The molecule has 1 aliphatic rings. The van der Waals surface area contributed by atoms with E-state index in [2.05, 4.69) is 29.9 Å². The number of carbonyl (C=O) groups excluding carboxylic acids is 1. The Hall–Kier alpha value is -3.18. The Morgan fingerprint density at radius 2 is 2.03 bits per heavy atom. The summed E-state index contributed by atoms with van der Waals surface area (Å²) in [4.78, 5) is 27.1. The molecule has 2 aromatic heterocycles. The van der Waals surface area contributed by atoms with E-state index < -0.39 is 22.1 Å². The summed E-state index contributed by atoms with van der Waals surface area (Å²) in [7, 11) is -3.43. The fourth-order valence-corrected chi connectivity index (χ4v) is 4.18. The number of aromatic nitrogens is 5. The van der Waals surface area contributed by atoms with Crippen LogP contribution >= 0.6 is 0 Å². The van der Waals surface area contributed by atoms with Crippen LogP contribution in [0.2, 0.25) is 0 Å². The van der Waals surface area contributed by atoms with Gasteiger partial charge in [0.2, 0.25) is 10.0 Å². The molecule has 1 aromatic carbocycles. The zero-order chi connectivity index (χ0) is 20.4. The topological polar surface area (TPSA) is 134 Å². The molecule has 0 radical (unpaired) electrons. The standard InChI is InChI=1S/C18H19N7O3S/c1-29(27,28)24-13-9-15(25(11-13)18(26)14-10-19-7-8-20-14)17-21-16(22-23-17)12-5-3-2-4-6-12/h2-8,10,13,15,24H,9,11H2,1H3,(H,21,22,23)/t13-,15-/m0/s1. The molecule has 0 saturated carbocycles. The zero-order valence-electron chi connectivity index (χ0n) is 15.6. The number of amides is 1. The van der Waals surface area contributed by atoms with Gasteiger partial charge < -0.3 is 4.90 Å². The lowest BCUT2D eigenvalue weighted by Gasteiger charge is -2.22. The fraction of sp³-hybridized carbons (Fsp3) is 0.278. The SMILES string of the molecule is CS(=O)(=O)N[C@H]1C[C@@H](c2nc(-c3ccccc3)n[nH]2)N(C(=O)c2cnccn2)C1. The van der Waals surface area contributed by atoms with Gasteiger partial charge in [0.1, 0.15) is 11.5 Å². The highest BCUT2D eigenvalue weighted by atomic mass is 32.2. The summed E-state index contributed by atoms with van der Waals surface area (Å²) >= 11 is 0. The van der Waals surface area contributed by atoms with Crippen LogP contribution in [0.25, 0.3) is 11.4 Å². The van der Waals surface area contributed by atoms with E-state index >= 15 is 0 Å². The first-order valence-corrected chi connectivity index (χ1v) is 10.8. The number of rotatable bonds is 5. The lowest BCUT2D eigenvalue weighted by Crippen LogP contribution is -2.38. The van der Waals surface area contributed by atoms with Gasteiger partial charge in [-0.1, -0.05) is 30.3 Å². The third kappa shape index (κ3) is 4.30. The average molecular weight is 413 g/mol. The van der Waals surface area contributed by atoms with Gasteiger partial charge in [-0.15, -0.1) is 0 Å². The average Bonchev–Trinajstić information content (AvgIpc) is 3.35. The van der Waals surface area contributed by atoms with Crippen LogP contribution in [0.15, 0.2) is 48.9 Å². The number of nitrogens with one attached hydrogen (secondary N) is 2. The van der Waals surface area contributed by atoms with Crippen LogP contribution in [0.1, 0.15) is 28.8 Å². The monoisotopic (exact) mass is 413 g/mol. The van der Waals surface area contributed by atoms with Crippen molar-refractivity contribution in [1.82, 2.24) is 34.8 Å². The van der Waals surface area contributed by atoms with Crippen molar-refractivity contribution in [2.75, 3.05) is 12.8 Å². The second-order valence-corrected chi connectivity index (χ2v) is 8.58. The first-order valence-electron chi connectivity index (χ1n) is 8.93. The lowest BCUT2D eigenvalue weighted by molar-refractivity contribution is 0.0721. The minimum atomic E-state index is -3.43. The van der Waals surface area contributed by atoms with E-state index in [1.807, 2.05) is 30.3 Å². The third-order valence-electron chi connectivity index (χ3n) is 4.58. The van der Waals surface area contributed by atoms with E-state index in [9.17, 15) is 13.2 Å². The van der Waals surface area contributed by atoms with E-state index in [0.717, 1.165) is 11.8 Å². The van der Waals surface area contributed by atoms with Gasteiger partial charge in [0.25, 0.3) is 5.91 Å². The number of carbonyl (C=O) groups is 1. The van der Waals surface area contributed by atoms with Crippen molar-refractivity contribution in [2.45, 2.75) is 18.5 Å². The molecular formula is C18H19N7O3S. The first kappa shape index (κ1) is 19.2. The minimum Gasteiger partial charge on any atom is -0.325 e. The summed E-state index contributed by atoms with van der Waals surface area (Å²) in [5.41, 5.74) is 1.02. The molecule has 0 bridgehead atoms. The molecule has 2 N–H and O–H groups in total. The van der Waals surface area contributed by atoms with Crippen LogP contribution in [-0.4, -0.2) is 63.2 Å². The molecule has 29 heavy (non-hydrogen) atoms. The molecule has 2 atom stereocenters. The Balaban J connectivity index is 1.65. The molecule has 3 heterocycles. The van der Waals surface area contributed by atoms with E-state index in [1.165, 1.54) is 18.6 Å². The number of nitrogens with zero attached hydrogens (tertiary/aromatic N) is 5. The predicted octanol–water partition coefficient (Wildman–Crippen LogP) is 0.767. The predicted molar refractivity (Wildman–Crippen MR) is 104 cm³/mol. The van der Waals surface area contributed by atoms with Crippen molar-refractivity contribution in [3.05, 3.63) is 60.4 Å². The Kier molecular flexibility index (Phi) is 5.07. The maximum Gasteiger partial charge on any atom is 0.274 e. The van der Waals surface area contributed by atoms with Gasteiger partial charge >= 0.3 is 0 Å². The summed E-state index contributed by atoms with van der Waals surface area (Å²) in [5, 5.41) is 7.15. The molecule has 3 aromatic rings. The smallest absolute Gasteiger partial charge is 0.274 e.